The van der Waals surface area contributed by atoms with Crippen molar-refractivity contribution in [1.82, 2.24) is 18.7 Å². The molecular weight excluding hydrogens is 358 g/mol. The van der Waals surface area contributed by atoms with Gasteiger partial charge in [-0.3, -0.25) is 18.5 Å². The summed E-state index contributed by atoms with van der Waals surface area (Å²) in [7, 11) is 3.09. The number of furan rings is 1. The monoisotopic (exact) mass is 379 g/mol. The molecule has 0 bridgehead atoms. The zero-order valence-electron chi connectivity index (χ0n) is 16.0. The van der Waals surface area contributed by atoms with Crippen LogP contribution in [0, 0.1) is 6.92 Å². The van der Waals surface area contributed by atoms with E-state index < -0.39 is 5.69 Å². The molecule has 3 aromatic heterocycles. The van der Waals surface area contributed by atoms with Gasteiger partial charge in [0.15, 0.2) is 11.2 Å². The van der Waals surface area contributed by atoms with Crippen molar-refractivity contribution in [3.63, 3.8) is 0 Å². The molecule has 0 atom stereocenters. The second-order valence-corrected chi connectivity index (χ2v) is 6.76. The molecule has 3 heterocycles. The molecular formula is C20H21N5O3. The van der Waals surface area contributed by atoms with E-state index in [1.165, 1.54) is 11.6 Å². The van der Waals surface area contributed by atoms with Gasteiger partial charge in [0, 0.05) is 14.1 Å². The molecule has 0 spiro atoms. The summed E-state index contributed by atoms with van der Waals surface area (Å²) in [5, 5.41) is 3.23. The smallest absolute Gasteiger partial charge is 0.332 e. The average molecular weight is 379 g/mol. The Morgan fingerprint density at radius 3 is 2.57 bits per heavy atom. The molecule has 0 aliphatic carbocycles. The molecule has 4 aromatic rings. The fourth-order valence-electron chi connectivity index (χ4n) is 3.27. The molecule has 0 radical (unpaired) electrons. The molecule has 0 aliphatic heterocycles. The summed E-state index contributed by atoms with van der Waals surface area (Å²) in [4.78, 5) is 29.8. The molecule has 0 saturated heterocycles. The van der Waals surface area contributed by atoms with E-state index in [0.717, 1.165) is 21.5 Å². The molecule has 0 saturated carbocycles. The minimum absolute atomic E-state index is 0.351. The third-order valence-corrected chi connectivity index (χ3v) is 4.94. The van der Waals surface area contributed by atoms with Gasteiger partial charge in [0.2, 0.25) is 5.95 Å². The summed E-state index contributed by atoms with van der Waals surface area (Å²) < 4.78 is 9.69. The highest BCUT2D eigenvalue weighted by Crippen LogP contribution is 2.20. The first-order chi connectivity index (χ1) is 13.5. The van der Waals surface area contributed by atoms with Gasteiger partial charge in [-0.05, 0) is 30.2 Å². The summed E-state index contributed by atoms with van der Waals surface area (Å²) in [6.07, 6.45) is 1.60. The minimum atomic E-state index is -0.407. The van der Waals surface area contributed by atoms with E-state index in [2.05, 4.69) is 10.3 Å². The summed E-state index contributed by atoms with van der Waals surface area (Å²) in [5.41, 5.74) is 2.14. The maximum absolute atomic E-state index is 12.9. The van der Waals surface area contributed by atoms with Gasteiger partial charge in [-0.15, -0.1) is 0 Å². The quantitative estimate of drug-likeness (QED) is 0.573. The van der Waals surface area contributed by atoms with Crippen LogP contribution in [-0.4, -0.2) is 18.7 Å². The summed E-state index contributed by atoms with van der Waals surface area (Å²) >= 11 is 0. The third kappa shape index (κ3) is 2.92. The molecule has 0 amide bonds. The van der Waals surface area contributed by atoms with E-state index >= 15 is 0 Å². The van der Waals surface area contributed by atoms with Crippen LogP contribution in [0.5, 0.6) is 0 Å². The lowest BCUT2D eigenvalue weighted by atomic mass is 10.1. The van der Waals surface area contributed by atoms with E-state index in [1.54, 1.807) is 13.3 Å². The van der Waals surface area contributed by atoms with E-state index in [4.69, 9.17) is 4.42 Å². The van der Waals surface area contributed by atoms with Gasteiger partial charge in [0.05, 0.1) is 19.4 Å². The van der Waals surface area contributed by atoms with Gasteiger partial charge >= 0.3 is 5.69 Å². The number of fused-ring (bicyclic) bond motifs is 1. The van der Waals surface area contributed by atoms with E-state index in [9.17, 15) is 9.59 Å². The Labute approximate surface area is 160 Å². The highest BCUT2D eigenvalue weighted by Gasteiger charge is 2.19. The predicted octanol–water partition coefficient (Wildman–Crippen LogP) is 2.00. The van der Waals surface area contributed by atoms with Crippen LogP contribution in [0.15, 0.2) is 56.7 Å². The van der Waals surface area contributed by atoms with Gasteiger partial charge in [-0.1, -0.05) is 24.3 Å². The molecule has 8 nitrogen and oxygen atoms in total. The normalized spacial score (nSPS) is 11.2. The van der Waals surface area contributed by atoms with Gasteiger partial charge in [0.1, 0.15) is 5.76 Å². The molecule has 144 valence electrons. The van der Waals surface area contributed by atoms with Gasteiger partial charge in [-0.2, -0.15) is 4.98 Å². The number of hydrogen-bond donors (Lipinski definition) is 1. The molecule has 0 fully saturated rings. The number of nitrogens with one attached hydrogen (secondary N) is 1. The minimum Gasteiger partial charge on any atom is -0.467 e. The lowest BCUT2D eigenvalue weighted by Crippen LogP contribution is -2.37. The first kappa shape index (κ1) is 17.8. The predicted molar refractivity (Wildman–Crippen MR) is 107 cm³/mol. The maximum Gasteiger partial charge on any atom is 0.332 e. The Kier molecular flexibility index (Phi) is 4.38. The first-order valence-corrected chi connectivity index (χ1v) is 8.94. The fraction of sp³-hybridized carbons (Fsp3) is 0.250. The summed E-state index contributed by atoms with van der Waals surface area (Å²) in [6, 6.07) is 11.7. The van der Waals surface area contributed by atoms with Crippen molar-refractivity contribution in [2.75, 3.05) is 5.32 Å². The SMILES string of the molecule is Cc1ccccc1Cn1c(NCc2ccco2)nc2c1c(=O)n(C)c(=O)n2C. The number of nitrogens with zero attached hydrogens (tertiary/aromatic N) is 4. The molecule has 4 rings (SSSR count). The van der Waals surface area contributed by atoms with Crippen LogP contribution in [0.2, 0.25) is 0 Å². The molecule has 8 heteroatoms. The Morgan fingerprint density at radius 2 is 1.86 bits per heavy atom. The second-order valence-electron chi connectivity index (χ2n) is 6.76. The van der Waals surface area contributed by atoms with Crippen molar-refractivity contribution in [3.05, 3.63) is 80.4 Å². The van der Waals surface area contributed by atoms with Crippen LogP contribution in [0.4, 0.5) is 5.95 Å². The van der Waals surface area contributed by atoms with Crippen LogP contribution in [0.1, 0.15) is 16.9 Å². The summed E-state index contributed by atoms with van der Waals surface area (Å²) in [5.74, 6) is 1.25. The second kappa shape index (κ2) is 6.88. The van der Waals surface area contributed by atoms with Crippen molar-refractivity contribution < 1.29 is 4.42 Å². The number of imidazole rings is 1. The van der Waals surface area contributed by atoms with Crippen LogP contribution in [0.25, 0.3) is 11.2 Å². The van der Waals surface area contributed by atoms with Crippen molar-refractivity contribution in [3.8, 4) is 0 Å². The van der Waals surface area contributed by atoms with Crippen molar-refractivity contribution in [2.45, 2.75) is 20.0 Å². The number of rotatable bonds is 5. The third-order valence-electron chi connectivity index (χ3n) is 4.94. The zero-order chi connectivity index (χ0) is 19.8. The van der Waals surface area contributed by atoms with E-state index in [0.29, 0.717) is 30.2 Å². The number of benzene rings is 1. The highest BCUT2D eigenvalue weighted by molar-refractivity contribution is 5.74. The number of aryl methyl sites for hydroxylation is 2. The van der Waals surface area contributed by atoms with Gasteiger partial charge in [0.25, 0.3) is 5.56 Å². The summed E-state index contributed by atoms with van der Waals surface area (Å²) in [6.45, 7) is 2.90. The molecule has 1 aromatic carbocycles. The first-order valence-electron chi connectivity index (χ1n) is 8.94. The van der Waals surface area contributed by atoms with Gasteiger partial charge < -0.3 is 9.73 Å². The van der Waals surface area contributed by atoms with Crippen LogP contribution < -0.4 is 16.6 Å². The Balaban J connectivity index is 1.90. The zero-order valence-corrected chi connectivity index (χ0v) is 16.0. The van der Waals surface area contributed by atoms with Crippen molar-refractivity contribution in [2.24, 2.45) is 14.1 Å². The molecule has 1 N–H and O–H groups in total. The molecule has 0 aliphatic rings. The lowest BCUT2D eigenvalue weighted by Gasteiger charge is -2.12. The van der Waals surface area contributed by atoms with Crippen molar-refractivity contribution >= 4 is 17.1 Å². The Morgan fingerprint density at radius 1 is 1.07 bits per heavy atom. The van der Waals surface area contributed by atoms with Crippen molar-refractivity contribution in [1.29, 1.82) is 0 Å². The number of aromatic nitrogens is 4. The van der Waals surface area contributed by atoms with Gasteiger partial charge in [-0.25, -0.2) is 4.79 Å². The average Bonchev–Trinajstić information content (AvgIpc) is 3.33. The Hall–Kier alpha value is -3.55. The standard InChI is InChI=1S/C20H21N5O3/c1-13-7-4-5-8-14(13)12-25-16-17(23(2)20(27)24(3)18(16)26)22-19(25)21-11-15-9-6-10-28-15/h4-10H,11-12H2,1-3H3,(H,21,22). The number of anilines is 1. The largest absolute Gasteiger partial charge is 0.467 e. The highest BCUT2D eigenvalue weighted by atomic mass is 16.3. The van der Waals surface area contributed by atoms with Crippen LogP contribution >= 0.6 is 0 Å². The Bertz CT molecular complexity index is 1260. The molecule has 28 heavy (non-hydrogen) atoms. The maximum atomic E-state index is 12.9. The van der Waals surface area contributed by atoms with E-state index in [-0.39, 0.29) is 5.56 Å². The van der Waals surface area contributed by atoms with Crippen LogP contribution in [-0.2, 0) is 27.2 Å². The fourth-order valence-corrected chi connectivity index (χ4v) is 3.27. The molecule has 0 unspecified atom stereocenters. The van der Waals surface area contributed by atoms with Crippen LogP contribution in [0.3, 0.4) is 0 Å². The number of hydrogen-bond acceptors (Lipinski definition) is 5. The topological polar surface area (TPSA) is 87.0 Å². The van der Waals surface area contributed by atoms with E-state index in [1.807, 2.05) is 47.9 Å². The lowest BCUT2D eigenvalue weighted by molar-refractivity contribution is 0.517.